The number of carbonyl (C=O) groups excluding carboxylic acids is 2. The van der Waals surface area contributed by atoms with Crippen LogP contribution < -0.4 is 20.7 Å². The molecule has 0 bridgehead atoms. The van der Waals surface area contributed by atoms with Crippen molar-refractivity contribution < 1.29 is 19.1 Å². The van der Waals surface area contributed by atoms with Gasteiger partial charge in [-0.05, 0) is 33.7 Å². The molecule has 4 aromatic rings. The lowest BCUT2D eigenvalue weighted by atomic mass is 9.87. The molecule has 4 nitrogen and oxygen atoms in total. The van der Waals surface area contributed by atoms with E-state index in [0.717, 1.165) is 42.3 Å². The molecular formula is C24H14O4Si4. The molecule has 0 spiro atoms. The van der Waals surface area contributed by atoms with Crippen molar-refractivity contribution in [2.45, 2.75) is 0 Å². The van der Waals surface area contributed by atoms with Gasteiger partial charge < -0.3 is 9.47 Å². The van der Waals surface area contributed by atoms with Gasteiger partial charge >= 0.3 is 11.9 Å². The number of carbonyl (C=O) groups is 2. The van der Waals surface area contributed by atoms with Crippen LogP contribution in [0.4, 0.5) is 0 Å². The monoisotopic (exact) mass is 478 g/mol. The Bertz CT molecular complexity index is 1320. The quantitative estimate of drug-likeness (QED) is 0.316. The molecule has 0 aromatic heterocycles. The number of hydrogen-bond donors (Lipinski definition) is 0. The number of esters is 2. The fourth-order valence-electron chi connectivity index (χ4n) is 3.93. The van der Waals surface area contributed by atoms with Gasteiger partial charge in [-0.3, -0.25) is 0 Å². The molecule has 0 aliphatic heterocycles. The molecule has 32 heavy (non-hydrogen) atoms. The first-order chi connectivity index (χ1) is 15.3. The third-order valence-electron chi connectivity index (χ3n) is 5.33. The maximum atomic E-state index is 12.9. The number of rotatable bonds is 3. The van der Waals surface area contributed by atoms with Crippen molar-refractivity contribution in [2.75, 3.05) is 14.2 Å². The molecule has 0 N–H and O–H groups in total. The molecular weight excluding hydrogens is 465 g/mol. The van der Waals surface area contributed by atoms with Crippen LogP contribution in [-0.2, 0) is 9.47 Å². The lowest BCUT2D eigenvalue weighted by Gasteiger charge is -2.20. The van der Waals surface area contributed by atoms with Crippen molar-refractivity contribution in [3.8, 4) is 11.1 Å². The summed E-state index contributed by atoms with van der Waals surface area (Å²) < 4.78 is 10.2. The molecule has 4 aromatic carbocycles. The van der Waals surface area contributed by atoms with Crippen LogP contribution in [0.5, 0.6) is 0 Å². The van der Waals surface area contributed by atoms with Crippen LogP contribution in [0.15, 0.2) is 48.5 Å². The maximum Gasteiger partial charge on any atom is 0.338 e. The summed E-state index contributed by atoms with van der Waals surface area (Å²) in [6.07, 6.45) is 0. The van der Waals surface area contributed by atoms with E-state index in [0.29, 0.717) is 22.3 Å². The summed E-state index contributed by atoms with van der Waals surface area (Å²) in [6, 6.07) is 15.0. The SMILES string of the molecule is COC(=O)c1cc([Si])c2cc([Si])ccc2c1-c1c(C(=O)OC)cc([Si])c2cc([Si])ccc12. The zero-order chi connectivity index (χ0) is 23.2. The third kappa shape index (κ3) is 3.69. The Morgan fingerprint density at radius 2 is 0.969 bits per heavy atom. The van der Waals surface area contributed by atoms with Crippen molar-refractivity contribution in [2.24, 2.45) is 0 Å². The number of methoxy groups -OCH3 is 2. The summed E-state index contributed by atoms with van der Waals surface area (Å²) in [4.78, 5) is 25.8. The minimum atomic E-state index is -0.507. The zero-order valence-electron chi connectivity index (χ0n) is 17.3. The minimum Gasteiger partial charge on any atom is -0.465 e. The lowest BCUT2D eigenvalue weighted by molar-refractivity contribution is 0.0590. The molecule has 0 aliphatic carbocycles. The Kier molecular flexibility index (Phi) is 6.04. The predicted molar refractivity (Wildman–Crippen MR) is 131 cm³/mol. The van der Waals surface area contributed by atoms with Crippen LogP contribution >= 0.6 is 0 Å². The highest BCUT2D eigenvalue weighted by molar-refractivity contribution is 6.44. The molecule has 0 amide bonds. The van der Waals surface area contributed by atoms with E-state index < -0.39 is 11.9 Å². The molecule has 0 fully saturated rings. The summed E-state index contributed by atoms with van der Waals surface area (Å²) in [7, 11) is 17.1. The molecule has 0 unspecified atom stereocenters. The fraction of sp³-hybridized carbons (Fsp3) is 0.0833. The Hall–Kier alpha value is -2.79. The Morgan fingerprint density at radius 3 is 1.31 bits per heavy atom. The molecule has 4 rings (SSSR count). The third-order valence-corrected chi connectivity index (χ3v) is 6.78. The van der Waals surface area contributed by atoms with E-state index in [4.69, 9.17) is 9.47 Å². The lowest BCUT2D eigenvalue weighted by Crippen LogP contribution is -2.18. The van der Waals surface area contributed by atoms with Gasteiger partial charge in [0.1, 0.15) is 0 Å². The normalized spacial score (nSPS) is 11.1. The smallest absolute Gasteiger partial charge is 0.338 e. The summed E-state index contributed by atoms with van der Waals surface area (Å²) in [5, 5.41) is 6.54. The van der Waals surface area contributed by atoms with Crippen molar-refractivity contribution in [1.82, 2.24) is 0 Å². The second-order valence-electron chi connectivity index (χ2n) is 7.20. The van der Waals surface area contributed by atoms with Crippen LogP contribution in [0.2, 0.25) is 0 Å². The van der Waals surface area contributed by atoms with Gasteiger partial charge in [0.2, 0.25) is 0 Å². The van der Waals surface area contributed by atoms with E-state index in [1.165, 1.54) is 14.2 Å². The average Bonchev–Trinajstić information content (AvgIpc) is 2.78. The van der Waals surface area contributed by atoms with E-state index in [1.807, 2.05) is 36.4 Å². The highest BCUT2D eigenvalue weighted by Crippen LogP contribution is 2.38. The van der Waals surface area contributed by atoms with E-state index in [-0.39, 0.29) is 0 Å². The van der Waals surface area contributed by atoms with Crippen molar-refractivity contribution in [3.63, 3.8) is 0 Å². The highest BCUT2D eigenvalue weighted by Gasteiger charge is 2.25. The summed E-state index contributed by atoms with van der Waals surface area (Å²) in [5.41, 5.74) is 1.86. The summed E-state index contributed by atoms with van der Waals surface area (Å²) >= 11 is 0. The van der Waals surface area contributed by atoms with E-state index >= 15 is 0 Å². The molecule has 0 saturated heterocycles. The number of benzene rings is 4. The average molecular weight is 479 g/mol. The second-order valence-corrected chi connectivity index (χ2v) is 9.43. The molecule has 0 saturated carbocycles. The first-order valence-corrected chi connectivity index (χ1v) is 11.5. The van der Waals surface area contributed by atoms with Crippen LogP contribution in [-0.4, -0.2) is 67.1 Å². The first-order valence-electron chi connectivity index (χ1n) is 9.51. The van der Waals surface area contributed by atoms with Crippen LogP contribution in [0.25, 0.3) is 32.7 Å². The summed E-state index contributed by atoms with van der Waals surface area (Å²) in [5.74, 6) is -1.01. The molecule has 150 valence electrons. The molecule has 0 aliphatic rings. The van der Waals surface area contributed by atoms with Crippen LogP contribution in [0, 0.1) is 0 Å². The highest BCUT2D eigenvalue weighted by atomic mass is 28.2. The van der Waals surface area contributed by atoms with Gasteiger partial charge in [-0.25, -0.2) is 9.59 Å². The Balaban J connectivity index is 2.30. The van der Waals surface area contributed by atoms with Crippen LogP contribution in [0.3, 0.4) is 0 Å². The molecule has 0 heterocycles. The number of fused-ring (bicyclic) bond motifs is 2. The Labute approximate surface area is 199 Å². The Morgan fingerprint density at radius 1 is 0.594 bits per heavy atom. The van der Waals surface area contributed by atoms with Gasteiger partial charge in [-0.2, -0.15) is 0 Å². The van der Waals surface area contributed by atoms with Gasteiger partial charge in [-0.1, -0.05) is 57.1 Å². The zero-order valence-corrected chi connectivity index (χ0v) is 21.3. The first kappa shape index (κ1) is 22.4. The number of hydrogen-bond acceptors (Lipinski definition) is 4. The topological polar surface area (TPSA) is 52.6 Å². The predicted octanol–water partition coefficient (Wildman–Crippen LogP) is 0.408. The molecule has 8 heteroatoms. The second kappa shape index (κ2) is 8.62. The van der Waals surface area contributed by atoms with Crippen molar-refractivity contribution in [1.29, 1.82) is 0 Å². The standard InChI is InChI=1S/C24H14O4Si4/c1-27-23(25)17-9-19(31)15-7-11(29)3-5-13(15)21(17)22-14-6-4-12(30)8-16(14)20(32)10-18(22)24(26)28-2/h3-10H,1-2H3. The maximum absolute atomic E-state index is 12.9. The van der Waals surface area contributed by atoms with E-state index in [1.54, 1.807) is 12.1 Å². The molecule has 12 radical (unpaired) electrons. The van der Waals surface area contributed by atoms with Crippen molar-refractivity contribution >= 4 is 95.2 Å². The fourth-order valence-corrected chi connectivity index (χ4v) is 5.09. The minimum absolute atomic E-state index is 0.335. The largest absolute Gasteiger partial charge is 0.465 e. The summed E-state index contributed by atoms with van der Waals surface area (Å²) in [6.45, 7) is 0. The van der Waals surface area contributed by atoms with Gasteiger partial charge in [0.25, 0.3) is 0 Å². The van der Waals surface area contributed by atoms with Gasteiger partial charge in [0.15, 0.2) is 0 Å². The van der Waals surface area contributed by atoms with Gasteiger partial charge in [-0.15, -0.1) is 0 Å². The van der Waals surface area contributed by atoms with Gasteiger partial charge in [0, 0.05) is 11.1 Å². The van der Waals surface area contributed by atoms with Crippen LogP contribution in [0.1, 0.15) is 20.7 Å². The number of ether oxygens (including phenoxy) is 2. The molecule has 0 atom stereocenters. The van der Waals surface area contributed by atoms with Gasteiger partial charge in [0.05, 0.1) is 66.3 Å². The van der Waals surface area contributed by atoms with E-state index in [9.17, 15) is 9.59 Å². The van der Waals surface area contributed by atoms with Crippen molar-refractivity contribution in [3.05, 3.63) is 59.7 Å². The van der Waals surface area contributed by atoms with E-state index in [2.05, 4.69) is 41.0 Å².